The Bertz CT molecular complexity index is 1000. The van der Waals surface area contributed by atoms with Crippen molar-refractivity contribution >= 4 is 23.6 Å². The minimum Gasteiger partial charge on any atom is -0.486 e. The molecule has 0 saturated heterocycles. The summed E-state index contributed by atoms with van der Waals surface area (Å²) in [6.45, 7) is 5.87. The fraction of sp³-hybridized carbons (Fsp3) is 0.304. The van der Waals surface area contributed by atoms with Crippen LogP contribution in [0.15, 0.2) is 53.7 Å². The van der Waals surface area contributed by atoms with Crippen molar-refractivity contribution in [3.8, 4) is 5.75 Å². The first-order chi connectivity index (χ1) is 14.3. The minimum absolute atomic E-state index is 0.0107. The van der Waals surface area contributed by atoms with Crippen molar-refractivity contribution in [1.82, 2.24) is 10.2 Å². The van der Waals surface area contributed by atoms with Crippen LogP contribution in [0.25, 0.3) is 0 Å². The molecule has 3 rings (SSSR count). The number of carbonyl (C=O) groups is 2. The lowest BCUT2D eigenvalue weighted by Gasteiger charge is -2.35. The molecule has 0 fully saturated rings. The maximum Gasteiger partial charge on any atom is 0.338 e. The van der Waals surface area contributed by atoms with E-state index in [1.54, 1.807) is 38.2 Å². The van der Waals surface area contributed by atoms with Crippen molar-refractivity contribution in [3.05, 3.63) is 75.4 Å². The molecule has 30 heavy (non-hydrogen) atoms. The Morgan fingerprint density at radius 2 is 1.93 bits per heavy atom. The number of nitrogens with zero attached hydrogens (tertiary/aromatic N) is 1. The van der Waals surface area contributed by atoms with Crippen molar-refractivity contribution in [1.29, 1.82) is 0 Å². The molecule has 0 saturated carbocycles. The van der Waals surface area contributed by atoms with E-state index in [1.165, 1.54) is 4.90 Å². The standard InChI is InChI=1S/C23H25ClN2O4/c1-5-29-22(27)20-18(13-30-19-9-7-6-8-17(19)24)26(4)23(28)25-21(20)16-12-14(2)10-11-15(16)3/h6-12,21H,5,13H2,1-4H3,(H,25,28)/t21-/m1/s1. The Labute approximate surface area is 181 Å². The number of likely N-dealkylation sites (N-methyl/N-ethyl adjacent to an activating group) is 1. The van der Waals surface area contributed by atoms with Gasteiger partial charge in [-0.1, -0.05) is 47.5 Å². The highest BCUT2D eigenvalue weighted by Crippen LogP contribution is 2.34. The average Bonchev–Trinajstić information content (AvgIpc) is 2.71. The molecule has 2 aromatic rings. The van der Waals surface area contributed by atoms with Gasteiger partial charge in [0.1, 0.15) is 12.4 Å². The van der Waals surface area contributed by atoms with Gasteiger partial charge in [0, 0.05) is 7.05 Å². The molecule has 0 aliphatic carbocycles. The number of rotatable bonds is 6. The first-order valence-corrected chi connectivity index (χ1v) is 10.1. The van der Waals surface area contributed by atoms with Crippen LogP contribution in [0.4, 0.5) is 4.79 Å². The maximum atomic E-state index is 13.0. The zero-order valence-electron chi connectivity index (χ0n) is 17.5. The topological polar surface area (TPSA) is 67.9 Å². The highest BCUT2D eigenvalue weighted by molar-refractivity contribution is 6.32. The van der Waals surface area contributed by atoms with Gasteiger partial charge in [0.05, 0.1) is 28.9 Å². The van der Waals surface area contributed by atoms with E-state index in [2.05, 4.69) is 5.32 Å². The van der Waals surface area contributed by atoms with E-state index in [4.69, 9.17) is 21.1 Å². The second kappa shape index (κ2) is 9.22. The van der Waals surface area contributed by atoms with Crippen molar-refractivity contribution in [2.45, 2.75) is 26.8 Å². The number of hydrogen-bond acceptors (Lipinski definition) is 4. The largest absolute Gasteiger partial charge is 0.486 e. The molecule has 0 aromatic heterocycles. The zero-order chi connectivity index (χ0) is 21.8. The quantitative estimate of drug-likeness (QED) is 0.685. The molecule has 7 heteroatoms. The first-order valence-electron chi connectivity index (χ1n) is 9.72. The fourth-order valence-electron chi connectivity index (χ4n) is 3.39. The normalized spacial score (nSPS) is 16.4. The number of carbonyl (C=O) groups excluding carboxylic acids is 2. The highest BCUT2D eigenvalue weighted by atomic mass is 35.5. The van der Waals surface area contributed by atoms with Crippen LogP contribution in [-0.2, 0) is 9.53 Å². The molecule has 0 bridgehead atoms. The molecule has 2 aromatic carbocycles. The SMILES string of the molecule is CCOC(=O)C1=C(COc2ccccc2Cl)N(C)C(=O)N[C@@H]1c1cc(C)ccc1C. The molecule has 0 unspecified atom stereocenters. The molecule has 158 valence electrons. The van der Waals surface area contributed by atoms with Crippen LogP contribution in [-0.4, -0.2) is 37.2 Å². The Hall–Kier alpha value is -2.99. The average molecular weight is 429 g/mol. The fourth-order valence-corrected chi connectivity index (χ4v) is 3.58. The number of urea groups is 1. The number of esters is 1. The smallest absolute Gasteiger partial charge is 0.338 e. The van der Waals surface area contributed by atoms with E-state index < -0.39 is 12.0 Å². The third kappa shape index (κ3) is 4.44. The van der Waals surface area contributed by atoms with Gasteiger partial charge in [0.2, 0.25) is 0 Å². The van der Waals surface area contributed by atoms with E-state index in [-0.39, 0.29) is 19.2 Å². The number of nitrogens with one attached hydrogen (secondary N) is 1. The third-order valence-corrected chi connectivity index (χ3v) is 5.33. The van der Waals surface area contributed by atoms with Crippen LogP contribution < -0.4 is 10.1 Å². The zero-order valence-corrected chi connectivity index (χ0v) is 18.2. The van der Waals surface area contributed by atoms with Crippen LogP contribution in [0.1, 0.15) is 29.7 Å². The Kier molecular flexibility index (Phi) is 6.67. The Morgan fingerprint density at radius 3 is 2.63 bits per heavy atom. The molecule has 1 aliphatic heterocycles. The second-order valence-electron chi connectivity index (χ2n) is 7.10. The minimum atomic E-state index is -0.641. The molecule has 6 nitrogen and oxygen atoms in total. The molecule has 1 atom stereocenters. The van der Waals surface area contributed by atoms with E-state index in [0.29, 0.717) is 22.0 Å². The molecular formula is C23H25ClN2O4. The van der Waals surface area contributed by atoms with E-state index >= 15 is 0 Å². The summed E-state index contributed by atoms with van der Waals surface area (Å²) in [6, 6.07) is 12.0. The van der Waals surface area contributed by atoms with Gasteiger partial charge in [0.15, 0.2) is 0 Å². The van der Waals surface area contributed by atoms with Gasteiger partial charge in [-0.3, -0.25) is 4.90 Å². The molecule has 1 N–H and O–H groups in total. The number of halogens is 1. The van der Waals surface area contributed by atoms with Crippen molar-refractivity contribution < 1.29 is 19.1 Å². The van der Waals surface area contributed by atoms with Crippen LogP contribution in [0.3, 0.4) is 0 Å². The van der Waals surface area contributed by atoms with E-state index in [1.807, 2.05) is 32.0 Å². The van der Waals surface area contributed by atoms with Crippen molar-refractivity contribution in [3.63, 3.8) is 0 Å². The molecule has 2 amide bonds. The third-order valence-electron chi connectivity index (χ3n) is 5.02. The summed E-state index contributed by atoms with van der Waals surface area (Å²) >= 11 is 6.19. The van der Waals surface area contributed by atoms with Crippen molar-refractivity contribution in [2.24, 2.45) is 0 Å². The van der Waals surface area contributed by atoms with Crippen LogP contribution in [0.5, 0.6) is 5.75 Å². The molecule has 1 aliphatic rings. The van der Waals surface area contributed by atoms with Crippen LogP contribution in [0.2, 0.25) is 5.02 Å². The highest BCUT2D eigenvalue weighted by Gasteiger charge is 2.37. The summed E-state index contributed by atoms with van der Waals surface area (Å²) < 4.78 is 11.2. The van der Waals surface area contributed by atoms with E-state index in [0.717, 1.165) is 16.7 Å². The van der Waals surface area contributed by atoms with Crippen LogP contribution >= 0.6 is 11.6 Å². The van der Waals surface area contributed by atoms with Gasteiger partial charge < -0.3 is 14.8 Å². The number of para-hydroxylation sites is 1. The van der Waals surface area contributed by atoms with Gasteiger partial charge in [-0.15, -0.1) is 0 Å². The molecule has 0 radical (unpaired) electrons. The number of amides is 2. The summed E-state index contributed by atoms with van der Waals surface area (Å²) in [7, 11) is 1.60. The van der Waals surface area contributed by atoms with Gasteiger partial charge in [-0.2, -0.15) is 0 Å². The van der Waals surface area contributed by atoms with E-state index in [9.17, 15) is 9.59 Å². The summed E-state index contributed by atoms with van der Waals surface area (Å²) in [5, 5.41) is 3.37. The van der Waals surface area contributed by atoms with Crippen LogP contribution in [0, 0.1) is 13.8 Å². The first kappa shape index (κ1) is 21.7. The van der Waals surface area contributed by atoms with Gasteiger partial charge in [0.25, 0.3) is 0 Å². The molecule has 1 heterocycles. The summed E-state index contributed by atoms with van der Waals surface area (Å²) in [5.41, 5.74) is 3.61. The lowest BCUT2D eigenvalue weighted by molar-refractivity contribution is -0.139. The predicted octanol–water partition coefficient (Wildman–Crippen LogP) is 4.55. The lowest BCUT2D eigenvalue weighted by atomic mass is 9.90. The number of hydrogen-bond donors (Lipinski definition) is 1. The Morgan fingerprint density at radius 1 is 1.20 bits per heavy atom. The number of aryl methyl sites for hydroxylation is 2. The molecular weight excluding hydrogens is 404 g/mol. The summed E-state index contributed by atoms with van der Waals surface area (Å²) in [5.74, 6) is -0.0226. The van der Waals surface area contributed by atoms with Gasteiger partial charge in [-0.05, 0) is 44.0 Å². The Balaban J connectivity index is 2.09. The summed E-state index contributed by atoms with van der Waals surface area (Å²) in [4.78, 5) is 27.1. The summed E-state index contributed by atoms with van der Waals surface area (Å²) in [6.07, 6.45) is 0. The predicted molar refractivity (Wildman–Crippen MR) is 116 cm³/mol. The van der Waals surface area contributed by atoms with Crippen molar-refractivity contribution in [2.75, 3.05) is 20.3 Å². The number of ether oxygens (including phenoxy) is 2. The monoisotopic (exact) mass is 428 g/mol. The second-order valence-corrected chi connectivity index (χ2v) is 7.51. The van der Waals surface area contributed by atoms with Gasteiger partial charge in [-0.25, -0.2) is 9.59 Å². The maximum absolute atomic E-state index is 13.0. The number of benzene rings is 2. The van der Waals surface area contributed by atoms with Gasteiger partial charge >= 0.3 is 12.0 Å². The lowest BCUT2D eigenvalue weighted by Crippen LogP contribution is -2.48. The molecule has 0 spiro atoms.